The summed E-state index contributed by atoms with van der Waals surface area (Å²) in [4.78, 5) is 2.65. The zero-order valence-corrected chi connectivity index (χ0v) is 8.78. The molecule has 3 rings (SSSR count). The molecule has 1 N–H and O–H groups in total. The van der Waals surface area contributed by atoms with Gasteiger partial charge in [-0.05, 0) is 30.6 Å². The van der Waals surface area contributed by atoms with E-state index in [1.165, 1.54) is 45.6 Å². The molecule has 14 heavy (non-hydrogen) atoms. The van der Waals surface area contributed by atoms with Crippen molar-refractivity contribution in [1.82, 2.24) is 10.2 Å². The molecule has 1 aliphatic heterocycles. The first kappa shape index (κ1) is 8.93. The fraction of sp³-hybridized carbons (Fsp3) is 0.833. The van der Waals surface area contributed by atoms with Crippen molar-refractivity contribution in [3.8, 4) is 0 Å². The van der Waals surface area contributed by atoms with E-state index in [0.29, 0.717) is 0 Å². The Morgan fingerprint density at radius 1 is 1.14 bits per heavy atom. The molecule has 0 unspecified atom stereocenters. The predicted molar refractivity (Wildman–Crippen MR) is 58.2 cm³/mol. The van der Waals surface area contributed by atoms with Gasteiger partial charge in [-0.25, -0.2) is 0 Å². The molecule has 3 aliphatic rings. The minimum atomic E-state index is 0.926. The normalized spacial score (nSPS) is 42.1. The number of nitrogens with zero attached hydrogens (tertiary/aromatic N) is 1. The summed E-state index contributed by atoms with van der Waals surface area (Å²) in [5.41, 5.74) is 0. The van der Waals surface area contributed by atoms with Crippen LogP contribution in [0.5, 0.6) is 0 Å². The molecule has 3 atom stereocenters. The maximum absolute atomic E-state index is 3.42. The summed E-state index contributed by atoms with van der Waals surface area (Å²) in [5, 5.41) is 3.42. The monoisotopic (exact) mass is 192 g/mol. The lowest BCUT2D eigenvalue weighted by molar-refractivity contribution is 0.193. The number of nitrogens with one attached hydrogen (secondary N) is 1. The van der Waals surface area contributed by atoms with Crippen LogP contribution in [0.15, 0.2) is 12.2 Å². The van der Waals surface area contributed by atoms with Gasteiger partial charge in [0, 0.05) is 32.7 Å². The van der Waals surface area contributed by atoms with Crippen LogP contribution >= 0.6 is 0 Å². The highest BCUT2D eigenvalue weighted by atomic mass is 15.2. The number of hydrogen-bond donors (Lipinski definition) is 1. The molecule has 2 nitrogen and oxygen atoms in total. The van der Waals surface area contributed by atoms with Gasteiger partial charge in [-0.15, -0.1) is 0 Å². The topological polar surface area (TPSA) is 15.3 Å². The van der Waals surface area contributed by atoms with Crippen molar-refractivity contribution in [3.05, 3.63) is 12.2 Å². The molecule has 0 aromatic carbocycles. The average molecular weight is 192 g/mol. The summed E-state index contributed by atoms with van der Waals surface area (Å²) in [6.45, 7) is 6.26. The van der Waals surface area contributed by atoms with Gasteiger partial charge in [-0.2, -0.15) is 0 Å². The second-order valence-corrected chi connectivity index (χ2v) is 5.09. The Hall–Kier alpha value is -0.340. The lowest BCUT2D eigenvalue weighted by atomic mass is 9.93. The summed E-state index contributed by atoms with van der Waals surface area (Å²) in [5.74, 6) is 2.84. The van der Waals surface area contributed by atoms with Crippen molar-refractivity contribution in [1.29, 1.82) is 0 Å². The van der Waals surface area contributed by atoms with E-state index in [9.17, 15) is 0 Å². The summed E-state index contributed by atoms with van der Waals surface area (Å²) < 4.78 is 0. The molecular weight excluding hydrogens is 172 g/mol. The predicted octanol–water partition coefficient (Wildman–Crippen LogP) is 1.10. The lowest BCUT2D eigenvalue weighted by Gasteiger charge is -2.31. The Balaban J connectivity index is 1.54. The summed E-state index contributed by atoms with van der Waals surface area (Å²) in [6, 6.07) is 0. The van der Waals surface area contributed by atoms with E-state index in [2.05, 4.69) is 22.4 Å². The lowest BCUT2D eigenvalue weighted by Crippen LogP contribution is -2.45. The third kappa shape index (κ3) is 1.61. The number of hydrogen-bond acceptors (Lipinski definition) is 2. The van der Waals surface area contributed by atoms with Crippen molar-refractivity contribution >= 4 is 0 Å². The highest BCUT2D eigenvalue weighted by Gasteiger charge is 2.36. The van der Waals surface area contributed by atoms with E-state index in [1.807, 2.05) is 0 Å². The maximum atomic E-state index is 3.42. The number of rotatable bonds is 2. The Labute approximate surface area is 86.4 Å². The molecule has 0 amide bonds. The molecule has 2 fully saturated rings. The van der Waals surface area contributed by atoms with E-state index in [4.69, 9.17) is 0 Å². The molecular formula is C12H20N2. The van der Waals surface area contributed by atoms with Crippen molar-refractivity contribution in [2.75, 3.05) is 32.7 Å². The Morgan fingerprint density at radius 3 is 2.64 bits per heavy atom. The molecule has 78 valence electrons. The van der Waals surface area contributed by atoms with Gasteiger partial charge in [0.15, 0.2) is 0 Å². The van der Waals surface area contributed by atoms with Crippen molar-refractivity contribution in [2.24, 2.45) is 17.8 Å². The summed E-state index contributed by atoms with van der Waals surface area (Å²) in [7, 11) is 0. The molecule has 0 aromatic heterocycles. The number of fused-ring (bicyclic) bond motifs is 2. The van der Waals surface area contributed by atoms with E-state index in [0.717, 1.165) is 17.8 Å². The van der Waals surface area contributed by atoms with Crippen LogP contribution < -0.4 is 5.32 Å². The number of allylic oxidation sites excluding steroid dienone is 2. The van der Waals surface area contributed by atoms with Gasteiger partial charge in [0.05, 0.1) is 0 Å². The SMILES string of the molecule is C1=C[C@@H]2C[C@H]1C[C@@H]2CN1CCNCC1. The highest BCUT2D eigenvalue weighted by Crippen LogP contribution is 2.43. The van der Waals surface area contributed by atoms with Gasteiger partial charge in [-0.3, -0.25) is 0 Å². The molecule has 0 spiro atoms. The molecule has 2 bridgehead atoms. The van der Waals surface area contributed by atoms with E-state index in [-0.39, 0.29) is 0 Å². The van der Waals surface area contributed by atoms with Crippen molar-refractivity contribution in [2.45, 2.75) is 12.8 Å². The van der Waals surface area contributed by atoms with Crippen LogP contribution in [0.2, 0.25) is 0 Å². The minimum absolute atomic E-state index is 0.926. The van der Waals surface area contributed by atoms with Gasteiger partial charge in [-0.1, -0.05) is 12.2 Å². The smallest absolute Gasteiger partial charge is 0.0107 e. The van der Waals surface area contributed by atoms with Crippen LogP contribution in [0.1, 0.15) is 12.8 Å². The zero-order chi connectivity index (χ0) is 9.38. The van der Waals surface area contributed by atoms with Crippen LogP contribution in [0.3, 0.4) is 0 Å². The first-order chi connectivity index (χ1) is 6.92. The van der Waals surface area contributed by atoms with Crippen LogP contribution in [-0.4, -0.2) is 37.6 Å². The van der Waals surface area contributed by atoms with E-state index < -0.39 is 0 Å². The maximum Gasteiger partial charge on any atom is 0.0107 e. The van der Waals surface area contributed by atoms with Gasteiger partial charge >= 0.3 is 0 Å². The molecule has 0 aromatic rings. The quantitative estimate of drug-likeness (QED) is 0.659. The molecule has 0 radical (unpaired) electrons. The molecule has 1 saturated heterocycles. The summed E-state index contributed by atoms with van der Waals surface area (Å²) in [6.07, 6.45) is 7.84. The fourth-order valence-corrected chi connectivity index (χ4v) is 3.33. The fourth-order valence-electron chi connectivity index (χ4n) is 3.33. The Bertz CT molecular complexity index is 230. The van der Waals surface area contributed by atoms with Crippen LogP contribution in [0.25, 0.3) is 0 Å². The standard InChI is InChI=1S/C12H20N2/c1-2-11-7-10(1)8-12(11)9-14-5-3-13-4-6-14/h1-2,10-13H,3-9H2/t10-,11+,12+/m0/s1. The van der Waals surface area contributed by atoms with Gasteiger partial charge in [0.25, 0.3) is 0 Å². The minimum Gasteiger partial charge on any atom is -0.314 e. The van der Waals surface area contributed by atoms with Crippen LogP contribution in [0.4, 0.5) is 0 Å². The first-order valence-corrected chi connectivity index (χ1v) is 6.03. The first-order valence-electron chi connectivity index (χ1n) is 6.03. The third-order valence-corrected chi connectivity index (χ3v) is 4.12. The largest absolute Gasteiger partial charge is 0.314 e. The second-order valence-electron chi connectivity index (χ2n) is 5.09. The van der Waals surface area contributed by atoms with Crippen LogP contribution in [0, 0.1) is 17.8 Å². The molecule has 1 saturated carbocycles. The highest BCUT2D eigenvalue weighted by molar-refractivity contribution is 5.10. The average Bonchev–Trinajstić information content (AvgIpc) is 2.81. The van der Waals surface area contributed by atoms with E-state index in [1.54, 1.807) is 0 Å². The summed E-state index contributed by atoms with van der Waals surface area (Å²) >= 11 is 0. The number of piperazine rings is 1. The molecule has 1 heterocycles. The van der Waals surface area contributed by atoms with Crippen LogP contribution in [-0.2, 0) is 0 Å². The zero-order valence-electron chi connectivity index (χ0n) is 8.78. The van der Waals surface area contributed by atoms with E-state index >= 15 is 0 Å². The van der Waals surface area contributed by atoms with Crippen molar-refractivity contribution in [3.63, 3.8) is 0 Å². The Morgan fingerprint density at radius 2 is 2.00 bits per heavy atom. The van der Waals surface area contributed by atoms with Crippen molar-refractivity contribution < 1.29 is 0 Å². The third-order valence-electron chi connectivity index (χ3n) is 4.12. The Kier molecular flexibility index (Phi) is 2.34. The second kappa shape index (κ2) is 3.67. The molecule has 2 heteroatoms. The molecule has 2 aliphatic carbocycles. The van der Waals surface area contributed by atoms with Gasteiger partial charge in [0.1, 0.15) is 0 Å². The van der Waals surface area contributed by atoms with Gasteiger partial charge < -0.3 is 10.2 Å². The van der Waals surface area contributed by atoms with Gasteiger partial charge in [0.2, 0.25) is 0 Å².